The molecular formula is C15H15Cl2NO3. The van der Waals surface area contributed by atoms with Gasteiger partial charge in [0.2, 0.25) is 0 Å². The van der Waals surface area contributed by atoms with Crippen molar-refractivity contribution in [1.29, 1.82) is 0 Å². The highest BCUT2D eigenvalue weighted by molar-refractivity contribution is 6.40. The van der Waals surface area contributed by atoms with Crippen LogP contribution in [-0.4, -0.2) is 17.9 Å². The first-order valence-electron chi connectivity index (χ1n) is 6.46. The lowest BCUT2D eigenvalue weighted by molar-refractivity contribution is -0.120. The van der Waals surface area contributed by atoms with E-state index in [1.54, 1.807) is 13.8 Å². The van der Waals surface area contributed by atoms with Crippen LogP contribution in [0.5, 0.6) is 5.75 Å². The van der Waals surface area contributed by atoms with E-state index >= 15 is 0 Å². The Morgan fingerprint density at radius 3 is 2.00 bits per heavy atom. The van der Waals surface area contributed by atoms with E-state index in [4.69, 9.17) is 27.9 Å². The second kappa shape index (κ2) is 5.70. The van der Waals surface area contributed by atoms with Crippen molar-refractivity contribution in [2.45, 2.75) is 33.8 Å². The van der Waals surface area contributed by atoms with Gasteiger partial charge in [0, 0.05) is 17.2 Å². The summed E-state index contributed by atoms with van der Waals surface area (Å²) in [6.45, 7) is 6.94. The second-order valence-electron chi connectivity index (χ2n) is 5.10. The molecule has 1 aromatic rings. The molecule has 4 nitrogen and oxygen atoms in total. The Bertz CT molecular complexity index is 641. The molecule has 21 heavy (non-hydrogen) atoms. The zero-order chi connectivity index (χ0) is 15.9. The lowest BCUT2D eigenvalue weighted by Gasteiger charge is -2.19. The van der Waals surface area contributed by atoms with Gasteiger partial charge in [0.15, 0.2) is 0 Å². The monoisotopic (exact) mass is 327 g/mol. The fourth-order valence-electron chi connectivity index (χ4n) is 2.00. The van der Waals surface area contributed by atoms with Gasteiger partial charge in [0.1, 0.15) is 5.75 Å². The van der Waals surface area contributed by atoms with Crippen LogP contribution in [0.25, 0.3) is 0 Å². The van der Waals surface area contributed by atoms with E-state index in [2.05, 4.69) is 0 Å². The third-order valence-corrected chi connectivity index (χ3v) is 3.81. The number of imide groups is 1. The summed E-state index contributed by atoms with van der Waals surface area (Å²) in [5, 5.41) is 0.554. The van der Waals surface area contributed by atoms with Gasteiger partial charge in [-0.2, -0.15) is 0 Å². The minimum atomic E-state index is -0.378. The molecule has 0 atom stereocenters. The normalized spacial score (nSPS) is 15.5. The largest absolute Gasteiger partial charge is 0.489 e. The van der Waals surface area contributed by atoms with E-state index in [-0.39, 0.29) is 28.6 Å². The number of amides is 2. The Balaban J connectivity index is 2.50. The summed E-state index contributed by atoms with van der Waals surface area (Å²) in [5.41, 5.74) is 1.11. The molecule has 0 bridgehead atoms. The Hall–Kier alpha value is -1.52. The summed E-state index contributed by atoms with van der Waals surface area (Å²) in [4.78, 5) is 25.5. The van der Waals surface area contributed by atoms with E-state index < -0.39 is 0 Å². The molecule has 0 saturated carbocycles. The van der Waals surface area contributed by atoms with E-state index in [9.17, 15) is 9.59 Å². The number of carbonyl (C=O) groups excluding carboxylic acids is 2. The van der Waals surface area contributed by atoms with Crippen LogP contribution in [0.2, 0.25) is 10.0 Å². The first-order chi connectivity index (χ1) is 9.73. The number of nitrogens with zero attached hydrogens (tertiary/aromatic N) is 1. The maximum absolute atomic E-state index is 12.2. The number of anilines is 1. The number of rotatable bonds is 3. The molecule has 0 radical (unpaired) electrons. The molecule has 1 aromatic carbocycles. The van der Waals surface area contributed by atoms with Gasteiger partial charge in [-0.15, -0.1) is 0 Å². The lowest BCUT2D eigenvalue weighted by Crippen LogP contribution is -2.31. The van der Waals surface area contributed by atoms with Crippen LogP contribution in [0.1, 0.15) is 27.7 Å². The highest BCUT2D eigenvalue weighted by Gasteiger charge is 2.36. The van der Waals surface area contributed by atoms with Gasteiger partial charge in [-0.1, -0.05) is 23.2 Å². The SMILES string of the molecule is CC1=C(C)C(=O)N(c2cc(OC(C)C)c(Cl)cc2Cl)C1=O. The molecule has 0 aromatic heterocycles. The molecule has 1 aliphatic heterocycles. The fourth-order valence-corrected chi connectivity index (χ4v) is 2.51. The van der Waals surface area contributed by atoms with E-state index in [1.165, 1.54) is 12.1 Å². The molecule has 6 heteroatoms. The number of halogens is 2. The Morgan fingerprint density at radius 1 is 1.00 bits per heavy atom. The van der Waals surface area contributed by atoms with Gasteiger partial charge in [-0.05, 0) is 33.8 Å². The molecule has 0 aliphatic carbocycles. The van der Waals surface area contributed by atoms with Crippen molar-refractivity contribution in [3.63, 3.8) is 0 Å². The number of hydrogen-bond acceptors (Lipinski definition) is 3. The molecule has 2 amide bonds. The fraction of sp³-hybridized carbons (Fsp3) is 0.333. The number of hydrogen-bond donors (Lipinski definition) is 0. The molecule has 1 heterocycles. The third kappa shape index (κ3) is 2.78. The highest BCUT2D eigenvalue weighted by atomic mass is 35.5. The Morgan fingerprint density at radius 2 is 1.52 bits per heavy atom. The van der Waals surface area contributed by atoms with Crippen LogP contribution in [-0.2, 0) is 9.59 Å². The maximum Gasteiger partial charge on any atom is 0.261 e. The van der Waals surface area contributed by atoms with Crippen LogP contribution in [0, 0.1) is 0 Å². The Labute approximate surface area is 133 Å². The summed E-state index contributed by atoms with van der Waals surface area (Å²) in [6.07, 6.45) is -0.0943. The maximum atomic E-state index is 12.2. The zero-order valence-electron chi connectivity index (χ0n) is 12.2. The molecule has 112 valence electrons. The topological polar surface area (TPSA) is 46.6 Å². The molecule has 0 fully saturated rings. The molecule has 0 N–H and O–H groups in total. The zero-order valence-corrected chi connectivity index (χ0v) is 13.7. The summed E-state index contributed by atoms with van der Waals surface area (Å²) in [5.74, 6) is -0.372. The van der Waals surface area contributed by atoms with Crippen LogP contribution < -0.4 is 9.64 Å². The van der Waals surface area contributed by atoms with Crippen molar-refractivity contribution in [2.75, 3.05) is 4.90 Å². The summed E-state index contributed by atoms with van der Waals surface area (Å²) >= 11 is 12.2. The molecule has 0 unspecified atom stereocenters. The van der Waals surface area contributed by atoms with E-state index in [0.29, 0.717) is 21.9 Å². The summed E-state index contributed by atoms with van der Waals surface area (Å²) in [6, 6.07) is 2.99. The molecule has 0 spiro atoms. The molecule has 2 rings (SSSR count). The van der Waals surface area contributed by atoms with Crippen LogP contribution in [0.4, 0.5) is 5.69 Å². The quantitative estimate of drug-likeness (QED) is 0.788. The lowest BCUT2D eigenvalue weighted by atomic mass is 10.2. The molecular weight excluding hydrogens is 313 g/mol. The average Bonchev–Trinajstić information content (AvgIpc) is 2.58. The standard InChI is InChI=1S/C15H15Cl2NO3/c1-7(2)21-13-6-12(10(16)5-11(13)17)18-14(19)8(3)9(4)15(18)20/h5-7H,1-4H3. The van der Waals surface area contributed by atoms with Crippen molar-refractivity contribution in [2.24, 2.45) is 0 Å². The number of carbonyl (C=O) groups is 2. The van der Waals surface area contributed by atoms with Gasteiger partial charge in [-0.3, -0.25) is 9.59 Å². The Kier molecular flexibility index (Phi) is 4.30. The third-order valence-electron chi connectivity index (χ3n) is 3.22. The van der Waals surface area contributed by atoms with Gasteiger partial charge in [0.05, 0.1) is 21.8 Å². The predicted octanol–water partition coefficient (Wildman–Crippen LogP) is 3.99. The predicted molar refractivity (Wildman–Crippen MR) is 83.1 cm³/mol. The van der Waals surface area contributed by atoms with Crippen molar-refractivity contribution in [3.05, 3.63) is 33.3 Å². The first-order valence-corrected chi connectivity index (χ1v) is 7.21. The van der Waals surface area contributed by atoms with Crippen LogP contribution >= 0.6 is 23.2 Å². The van der Waals surface area contributed by atoms with Crippen molar-refractivity contribution >= 4 is 40.7 Å². The highest BCUT2D eigenvalue weighted by Crippen LogP contribution is 2.39. The second-order valence-corrected chi connectivity index (χ2v) is 5.91. The van der Waals surface area contributed by atoms with E-state index in [1.807, 2.05) is 13.8 Å². The van der Waals surface area contributed by atoms with Crippen molar-refractivity contribution < 1.29 is 14.3 Å². The minimum absolute atomic E-state index is 0.0943. The first kappa shape index (κ1) is 15.9. The number of benzene rings is 1. The summed E-state index contributed by atoms with van der Waals surface area (Å²) in [7, 11) is 0. The van der Waals surface area contributed by atoms with Gasteiger partial charge in [-0.25, -0.2) is 4.90 Å². The van der Waals surface area contributed by atoms with Gasteiger partial charge >= 0.3 is 0 Å². The van der Waals surface area contributed by atoms with Gasteiger partial charge in [0.25, 0.3) is 11.8 Å². The van der Waals surface area contributed by atoms with Gasteiger partial charge < -0.3 is 4.74 Å². The van der Waals surface area contributed by atoms with Crippen molar-refractivity contribution in [3.8, 4) is 5.75 Å². The van der Waals surface area contributed by atoms with Crippen LogP contribution in [0.15, 0.2) is 23.3 Å². The van der Waals surface area contributed by atoms with Crippen LogP contribution in [0.3, 0.4) is 0 Å². The smallest absolute Gasteiger partial charge is 0.261 e. The summed E-state index contributed by atoms with van der Waals surface area (Å²) < 4.78 is 5.57. The molecule has 0 saturated heterocycles. The minimum Gasteiger partial charge on any atom is -0.489 e. The molecule has 1 aliphatic rings. The van der Waals surface area contributed by atoms with Crippen molar-refractivity contribution in [1.82, 2.24) is 0 Å². The number of ether oxygens (including phenoxy) is 1. The van der Waals surface area contributed by atoms with E-state index in [0.717, 1.165) is 4.90 Å². The average molecular weight is 328 g/mol.